The van der Waals surface area contributed by atoms with Gasteiger partial charge in [-0.15, -0.1) is 0 Å². The minimum absolute atomic E-state index is 0.0119. The molecule has 38 heavy (non-hydrogen) atoms. The molecule has 3 aromatic carbocycles. The molecule has 1 aliphatic carbocycles. The first-order valence-corrected chi connectivity index (χ1v) is 13.0. The normalized spacial score (nSPS) is 14.0. The van der Waals surface area contributed by atoms with Gasteiger partial charge in [0.2, 0.25) is 0 Å². The lowest BCUT2D eigenvalue weighted by Crippen LogP contribution is -2.51. The van der Waals surface area contributed by atoms with Gasteiger partial charge >= 0.3 is 18.0 Å². The topological polar surface area (TPSA) is 90.9 Å². The number of rotatable bonds is 11. The zero-order chi connectivity index (χ0) is 26.6. The highest BCUT2D eigenvalue weighted by Crippen LogP contribution is 2.32. The van der Waals surface area contributed by atoms with E-state index in [0.29, 0.717) is 0 Å². The predicted octanol–water partition coefficient (Wildman–Crippen LogP) is 5.57. The minimum atomic E-state index is -1.32. The van der Waals surface area contributed by atoms with Crippen molar-refractivity contribution in [2.45, 2.75) is 51.5 Å². The third-order valence-electron chi connectivity index (χ3n) is 6.72. The molecule has 198 valence electrons. The van der Waals surface area contributed by atoms with E-state index in [-0.39, 0.29) is 25.7 Å². The molecule has 0 aliphatic heterocycles. The Hall–Kier alpha value is -4.13. The summed E-state index contributed by atoms with van der Waals surface area (Å²) in [5, 5.41) is 2.82. The summed E-state index contributed by atoms with van der Waals surface area (Å²) in [6.45, 7) is 0.0988. The molecule has 1 atom stereocenters. The van der Waals surface area contributed by atoms with E-state index in [4.69, 9.17) is 14.2 Å². The van der Waals surface area contributed by atoms with Crippen molar-refractivity contribution >= 4 is 18.0 Å². The van der Waals surface area contributed by atoms with Gasteiger partial charge in [0.15, 0.2) is 5.92 Å². The van der Waals surface area contributed by atoms with Gasteiger partial charge in [0.1, 0.15) is 19.8 Å². The van der Waals surface area contributed by atoms with Crippen molar-refractivity contribution in [1.82, 2.24) is 5.32 Å². The fraction of sp³-hybridized carbons (Fsp3) is 0.323. The molecule has 0 spiro atoms. The van der Waals surface area contributed by atoms with Gasteiger partial charge < -0.3 is 19.5 Å². The maximum absolute atomic E-state index is 13.4. The molecule has 0 bridgehead atoms. The molecular formula is C31H33NO6. The number of nitrogens with one attached hydrogen (secondary N) is 1. The highest BCUT2D eigenvalue weighted by atomic mass is 16.6. The van der Waals surface area contributed by atoms with Crippen LogP contribution in [-0.4, -0.2) is 24.1 Å². The van der Waals surface area contributed by atoms with E-state index >= 15 is 0 Å². The Bertz CT molecular complexity index is 1110. The molecule has 0 saturated heterocycles. The Balaban J connectivity index is 1.50. The molecule has 1 saturated carbocycles. The second-order valence-electron chi connectivity index (χ2n) is 9.44. The van der Waals surface area contributed by atoms with E-state index in [0.717, 1.165) is 42.4 Å². The average Bonchev–Trinajstić information content (AvgIpc) is 3.50. The van der Waals surface area contributed by atoms with Crippen LogP contribution in [0.4, 0.5) is 4.79 Å². The van der Waals surface area contributed by atoms with Crippen molar-refractivity contribution < 1.29 is 28.6 Å². The van der Waals surface area contributed by atoms with Gasteiger partial charge in [0.05, 0.1) is 6.04 Å². The molecule has 7 nitrogen and oxygen atoms in total. The van der Waals surface area contributed by atoms with Crippen LogP contribution in [0, 0.1) is 11.8 Å². The first-order chi connectivity index (χ1) is 18.6. The lowest BCUT2D eigenvalue weighted by atomic mass is 9.86. The number of ether oxygens (including phenoxy) is 3. The Morgan fingerprint density at radius 1 is 0.632 bits per heavy atom. The van der Waals surface area contributed by atoms with Gasteiger partial charge in [0, 0.05) is 0 Å². The van der Waals surface area contributed by atoms with Gasteiger partial charge in [-0.3, -0.25) is 9.59 Å². The van der Waals surface area contributed by atoms with Crippen LogP contribution < -0.4 is 5.32 Å². The van der Waals surface area contributed by atoms with E-state index < -0.39 is 30.0 Å². The number of esters is 2. The number of hydrogen-bond donors (Lipinski definition) is 1. The Labute approximate surface area is 223 Å². The van der Waals surface area contributed by atoms with Crippen LogP contribution in [0.3, 0.4) is 0 Å². The molecule has 1 unspecified atom stereocenters. The second kappa shape index (κ2) is 14.0. The van der Waals surface area contributed by atoms with Crippen molar-refractivity contribution in [3.05, 3.63) is 108 Å². The number of carbonyl (C=O) groups excluding carboxylic acids is 3. The van der Waals surface area contributed by atoms with Gasteiger partial charge in [0.25, 0.3) is 0 Å². The lowest BCUT2D eigenvalue weighted by Gasteiger charge is -2.29. The molecular weight excluding hydrogens is 482 g/mol. The van der Waals surface area contributed by atoms with Crippen LogP contribution in [0.2, 0.25) is 0 Å². The third-order valence-corrected chi connectivity index (χ3v) is 6.72. The molecule has 0 aromatic heterocycles. The zero-order valence-electron chi connectivity index (χ0n) is 21.3. The molecule has 1 fully saturated rings. The standard InChI is InChI=1S/C31H33NO6/c33-29(36-20-23-12-4-1-5-13-23)27(30(34)37-21-24-14-6-2-7-15-24)28(26-18-10-11-19-26)32-31(35)38-22-25-16-8-3-9-17-25/h1-9,12-17,26-28H,10-11,18-22H2,(H,32,35). The molecule has 7 heteroatoms. The highest BCUT2D eigenvalue weighted by Gasteiger charge is 2.43. The Morgan fingerprint density at radius 2 is 1.03 bits per heavy atom. The second-order valence-corrected chi connectivity index (χ2v) is 9.44. The molecule has 0 heterocycles. The average molecular weight is 516 g/mol. The summed E-state index contributed by atoms with van der Waals surface area (Å²) in [6, 6.07) is 27.0. The van der Waals surface area contributed by atoms with Crippen LogP contribution in [0.5, 0.6) is 0 Å². The van der Waals surface area contributed by atoms with Crippen LogP contribution in [0.25, 0.3) is 0 Å². The molecule has 0 radical (unpaired) electrons. The quantitative estimate of drug-likeness (QED) is 0.204. The summed E-state index contributed by atoms with van der Waals surface area (Å²) < 4.78 is 16.6. The summed E-state index contributed by atoms with van der Waals surface area (Å²) in [7, 11) is 0. The van der Waals surface area contributed by atoms with E-state index in [1.165, 1.54) is 0 Å². The fourth-order valence-electron chi connectivity index (χ4n) is 4.72. The van der Waals surface area contributed by atoms with Crippen LogP contribution in [0.15, 0.2) is 91.0 Å². The summed E-state index contributed by atoms with van der Waals surface area (Å²) in [6.07, 6.45) is 2.76. The maximum Gasteiger partial charge on any atom is 0.407 e. The van der Waals surface area contributed by atoms with Crippen molar-refractivity contribution in [2.24, 2.45) is 11.8 Å². The number of hydrogen-bond acceptors (Lipinski definition) is 6. The summed E-state index contributed by atoms with van der Waals surface area (Å²) in [5.41, 5.74) is 2.43. The lowest BCUT2D eigenvalue weighted by molar-refractivity contribution is -0.166. The van der Waals surface area contributed by atoms with Crippen LogP contribution in [0.1, 0.15) is 42.4 Å². The van der Waals surface area contributed by atoms with Crippen LogP contribution >= 0.6 is 0 Å². The first-order valence-electron chi connectivity index (χ1n) is 13.0. The first kappa shape index (κ1) is 26.9. The van der Waals surface area contributed by atoms with Crippen molar-refractivity contribution in [1.29, 1.82) is 0 Å². The predicted molar refractivity (Wildman–Crippen MR) is 141 cm³/mol. The van der Waals surface area contributed by atoms with Crippen molar-refractivity contribution in [3.8, 4) is 0 Å². The monoisotopic (exact) mass is 515 g/mol. The zero-order valence-corrected chi connectivity index (χ0v) is 21.3. The van der Waals surface area contributed by atoms with Gasteiger partial charge in [-0.2, -0.15) is 0 Å². The SMILES string of the molecule is O=C(NC(C1CCCC1)C(C(=O)OCc1ccccc1)C(=O)OCc1ccccc1)OCc1ccccc1. The number of carbonyl (C=O) groups is 3. The minimum Gasteiger partial charge on any atom is -0.460 e. The smallest absolute Gasteiger partial charge is 0.407 e. The van der Waals surface area contributed by atoms with Crippen LogP contribution in [-0.2, 0) is 43.6 Å². The van der Waals surface area contributed by atoms with Crippen molar-refractivity contribution in [2.75, 3.05) is 0 Å². The molecule has 4 rings (SSSR count). The summed E-state index contributed by atoms with van der Waals surface area (Å²) in [4.78, 5) is 39.7. The molecule has 3 aromatic rings. The van der Waals surface area contributed by atoms with Gasteiger partial charge in [-0.1, -0.05) is 104 Å². The van der Waals surface area contributed by atoms with Gasteiger partial charge in [-0.05, 0) is 35.4 Å². The summed E-state index contributed by atoms with van der Waals surface area (Å²) >= 11 is 0. The number of benzene rings is 3. The van der Waals surface area contributed by atoms with E-state index in [1.54, 1.807) is 0 Å². The molecule has 1 amide bonds. The molecule has 1 N–H and O–H groups in total. The Morgan fingerprint density at radius 3 is 1.45 bits per heavy atom. The molecule has 1 aliphatic rings. The van der Waals surface area contributed by atoms with E-state index in [1.807, 2.05) is 91.0 Å². The number of alkyl carbamates (subject to hydrolysis) is 1. The van der Waals surface area contributed by atoms with E-state index in [9.17, 15) is 14.4 Å². The van der Waals surface area contributed by atoms with Crippen molar-refractivity contribution in [3.63, 3.8) is 0 Å². The number of amides is 1. The fourth-order valence-corrected chi connectivity index (χ4v) is 4.72. The highest BCUT2D eigenvalue weighted by molar-refractivity contribution is 5.96. The summed E-state index contributed by atoms with van der Waals surface area (Å²) in [5.74, 6) is -2.87. The largest absolute Gasteiger partial charge is 0.460 e. The Kier molecular flexibility index (Phi) is 9.90. The van der Waals surface area contributed by atoms with E-state index in [2.05, 4.69) is 5.32 Å². The maximum atomic E-state index is 13.4. The van der Waals surface area contributed by atoms with Gasteiger partial charge in [-0.25, -0.2) is 4.79 Å². The third kappa shape index (κ3) is 7.93.